The van der Waals surface area contributed by atoms with Crippen molar-refractivity contribution in [2.24, 2.45) is 0 Å². The zero-order valence-electron chi connectivity index (χ0n) is 14.8. The number of piperazine rings is 1. The van der Waals surface area contributed by atoms with Gasteiger partial charge in [0.15, 0.2) is 16.8 Å². The van der Waals surface area contributed by atoms with Crippen molar-refractivity contribution in [3.05, 3.63) is 42.4 Å². The van der Waals surface area contributed by atoms with E-state index in [1.165, 1.54) is 0 Å². The van der Waals surface area contributed by atoms with Crippen LogP contribution in [0.25, 0.3) is 5.82 Å². The smallest absolute Gasteiger partial charge is 0.189 e. The molecule has 0 bridgehead atoms. The minimum absolute atomic E-state index is 0.728. The van der Waals surface area contributed by atoms with Crippen molar-refractivity contribution in [2.45, 2.75) is 12.1 Å². The summed E-state index contributed by atoms with van der Waals surface area (Å²) >= 11 is 1.56. The van der Waals surface area contributed by atoms with Crippen LogP contribution in [0.2, 0.25) is 0 Å². The van der Waals surface area contributed by atoms with Gasteiger partial charge in [-0.25, -0.2) is 14.6 Å². The van der Waals surface area contributed by atoms with Crippen molar-refractivity contribution in [2.75, 3.05) is 42.2 Å². The number of hydrogen-bond donors (Lipinski definition) is 0. The zero-order valence-corrected chi connectivity index (χ0v) is 15.6. The summed E-state index contributed by atoms with van der Waals surface area (Å²) in [5.41, 5.74) is 0.960. The second-order valence-corrected chi connectivity index (χ2v) is 6.80. The average molecular weight is 368 g/mol. The van der Waals surface area contributed by atoms with E-state index >= 15 is 0 Å². The lowest BCUT2D eigenvalue weighted by atomic mass is 10.3. The molecule has 0 unspecified atom stereocenters. The normalized spacial score (nSPS) is 14.7. The minimum Gasteiger partial charge on any atom is -0.353 e. The third-order valence-corrected chi connectivity index (χ3v) is 4.88. The van der Waals surface area contributed by atoms with Crippen LogP contribution in [-0.2, 0) is 0 Å². The van der Waals surface area contributed by atoms with Crippen LogP contribution >= 0.6 is 11.8 Å². The Bertz CT molecular complexity index is 870. The Morgan fingerprint density at radius 1 is 0.885 bits per heavy atom. The summed E-state index contributed by atoms with van der Waals surface area (Å²) in [7, 11) is 0. The lowest BCUT2D eigenvalue weighted by Gasteiger charge is -2.35. The van der Waals surface area contributed by atoms with Gasteiger partial charge < -0.3 is 9.80 Å². The van der Waals surface area contributed by atoms with E-state index < -0.39 is 0 Å². The molecule has 1 saturated heterocycles. The van der Waals surface area contributed by atoms with Crippen molar-refractivity contribution in [3.63, 3.8) is 0 Å². The molecular formula is C17H20N8S. The molecule has 1 aliphatic rings. The van der Waals surface area contributed by atoms with Gasteiger partial charge in [0.2, 0.25) is 0 Å². The Morgan fingerprint density at radius 3 is 2.19 bits per heavy atom. The highest BCUT2D eigenvalue weighted by Crippen LogP contribution is 2.19. The Morgan fingerprint density at radius 2 is 1.58 bits per heavy atom. The molecule has 0 spiro atoms. The Labute approximate surface area is 156 Å². The van der Waals surface area contributed by atoms with E-state index in [0.717, 1.165) is 54.5 Å². The third kappa shape index (κ3) is 3.48. The van der Waals surface area contributed by atoms with E-state index in [2.05, 4.69) is 35.1 Å². The molecule has 0 aliphatic carbocycles. The highest BCUT2D eigenvalue weighted by molar-refractivity contribution is 7.98. The van der Waals surface area contributed by atoms with Crippen molar-refractivity contribution in [3.8, 4) is 5.82 Å². The van der Waals surface area contributed by atoms with Crippen molar-refractivity contribution < 1.29 is 0 Å². The monoisotopic (exact) mass is 368 g/mol. The predicted molar refractivity (Wildman–Crippen MR) is 102 cm³/mol. The molecule has 8 nitrogen and oxygen atoms in total. The molecule has 4 rings (SSSR count). The van der Waals surface area contributed by atoms with Gasteiger partial charge in [-0.3, -0.25) is 0 Å². The first-order valence-corrected chi connectivity index (χ1v) is 9.69. The van der Waals surface area contributed by atoms with Gasteiger partial charge in [0, 0.05) is 38.6 Å². The molecule has 1 aliphatic heterocycles. The topological polar surface area (TPSA) is 75.9 Å². The van der Waals surface area contributed by atoms with Gasteiger partial charge in [0.25, 0.3) is 0 Å². The third-order valence-electron chi connectivity index (χ3n) is 4.32. The molecule has 0 amide bonds. The van der Waals surface area contributed by atoms with E-state index in [1.54, 1.807) is 16.4 Å². The van der Waals surface area contributed by atoms with Gasteiger partial charge >= 0.3 is 0 Å². The highest BCUT2D eigenvalue weighted by atomic mass is 32.2. The van der Waals surface area contributed by atoms with E-state index in [0.29, 0.717) is 0 Å². The Hall–Kier alpha value is -2.68. The number of anilines is 2. The van der Waals surface area contributed by atoms with E-state index in [4.69, 9.17) is 0 Å². The van der Waals surface area contributed by atoms with Gasteiger partial charge in [0.1, 0.15) is 5.82 Å². The number of hydrogen-bond acceptors (Lipinski definition) is 8. The van der Waals surface area contributed by atoms with Gasteiger partial charge in [-0.2, -0.15) is 5.10 Å². The largest absolute Gasteiger partial charge is 0.353 e. The van der Waals surface area contributed by atoms with Gasteiger partial charge in [-0.15, -0.1) is 10.2 Å². The summed E-state index contributed by atoms with van der Waals surface area (Å²) in [4.78, 5) is 13.4. The quantitative estimate of drug-likeness (QED) is 0.510. The average Bonchev–Trinajstić information content (AvgIpc) is 3.15. The van der Waals surface area contributed by atoms with Crippen LogP contribution in [0.15, 0.2) is 41.8 Å². The maximum Gasteiger partial charge on any atom is 0.189 e. The number of aromatic nitrogens is 6. The molecule has 0 radical (unpaired) electrons. The maximum absolute atomic E-state index is 4.58. The van der Waals surface area contributed by atoms with Crippen molar-refractivity contribution in [1.82, 2.24) is 29.9 Å². The lowest BCUT2D eigenvalue weighted by Crippen LogP contribution is -2.47. The summed E-state index contributed by atoms with van der Waals surface area (Å²) in [5.74, 6) is 2.61. The van der Waals surface area contributed by atoms with Crippen LogP contribution in [0.5, 0.6) is 0 Å². The van der Waals surface area contributed by atoms with Crippen LogP contribution in [0, 0.1) is 6.92 Å². The Kier molecular flexibility index (Phi) is 4.70. The second-order valence-electron chi connectivity index (χ2n) is 6.03. The molecule has 9 heteroatoms. The van der Waals surface area contributed by atoms with Gasteiger partial charge in [-0.05, 0) is 37.4 Å². The van der Waals surface area contributed by atoms with Crippen LogP contribution in [0.4, 0.5) is 11.6 Å². The fourth-order valence-corrected chi connectivity index (χ4v) is 3.27. The molecular weight excluding hydrogens is 348 g/mol. The highest BCUT2D eigenvalue weighted by Gasteiger charge is 2.20. The van der Waals surface area contributed by atoms with E-state index in [9.17, 15) is 0 Å². The molecule has 0 N–H and O–H groups in total. The molecule has 1 fully saturated rings. The first kappa shape index (κ1) is 16.8. The van der Waals surface area contributed by atoms with Crippen LogP contribution < -0.4 is 9.80 Å². The van der Waals surface area contributed by atoms with Crippen molar-refractivity contribution >= 4 is 23.4 Å². The summed E-state index contributed by atoms with van der Waals surface area (Å²) in [6.07, 6.45) is 5.70. The number of thioether (sulfide) groups is 1. The summed E-state index contributed by atoms with van der Waals surface area (Å²) in [5, 5.41) is 13.9. The first-order valence-electron chi connectivity index (χ1n) is 8.46. The fourth-order valence-electron chi connectivity index (χ4n) is 2.92. The Balaban J connectivity index is 1.41. The number of aryl methyl sites for hydroxylation is 1. The van der Waals surface area contributed by atoms with E-state index in [1.807, 2.05) is 49.8 Å². The minimum atomic E-state index is 0.728. The first-order chi connectivity index (χ1) is 12.7. The van der Waals surface area contributed by atoms with Crippen LogP contribution in [0.1, 0.15) is 5.69 Å². The number of nitrogens with zero attached hydrogens (tertiary/aromatic N) is 8. The summed E-state index contributed by atoms with van der Waals surface area (Å²) in [6, 6.07) is 7.88. The SMILES string of the molecule is CSc1nccc(N2CCN(c3ccc(-n4ccc(C)n4)nn3)CC2)n1. The van der Waals surface area contributed by atoms with E-state index in [-0.39, 0.29) is 0 Å². The number of rotatable bonds is 4. The van der Waals surface area contributed by atoms with Gasteiger partial charge in [0.05, 0.1) is 5.69 Å². The summed E-state index contributed by atoms with van der Waals surface area (Å²) in [6.45, 7) is 5.51. The molecule has 3 aromatic rings. The standard InChI is InChI=1S/C17H20N8S/c1-13-6-8-25(22-13)16-4-3-15(20-21-16)24-11-9-23(10-12-24)14-5-7-18-17(19-14)26-2/h3-8H,9-12H2,1-2H3. The van der Waals surface area contributed by atoms with Crippen molar-refractivity contribution in [1.29, 1.82) is 0 Å². The molecule has 4 heterocycles. The molecule has 0 atom stereocenters. The second kappa shape index (κ2) is 7.28. The molecule has 26 heavy (non-hydrogen) atoms. The molecule has 0 saturated carbocycles. The zero-order chi connectivity index (χ0) is 17.9. The van der Waals surface area contributed by atoms with Crippen LogP contribution in [0.3, 0.4) is 0 Å². The summed E-state index contributed by atoms with van der Waals surface area (Å²) < 4.78 is 1.74. The maximum atomic E-state index is 4.58. The predicted octanol–water partition coefficient (Wildman–Crippen LogP) is 1.81. The molecule has 0 aromatic carbocycles. The van der Waals surface area contributed by atoms with Crippen LogP contribution in [-0.4, -0.2) is 62.4 Å². The molecule has 134 valence electrons. The lowest BCUT2D eigenvalue weighted by molar-refractivity contribution is 0.633. The molecule has 3 aromatic heterocycles. The fraction of sp³-hybridized carbons (Fsp3) is 0.353. The van der Waals surface area contributed by atoms with Gasteiger partial charge in [-0.1, -0.05) is 11.8 Å².